The smallest absolute Gasteiger partial charge is 0.229 e. The molecule has 2 aromatic carbocycles. The summed E-state index contributed by atoms with van der Waals surface area (Å²) < 4.78 is 11.0. The maximum atomic E-state index is 11.0. The Morgan fingerprint density at radius 1 is 1.27 bits per heavy atom. The summed E-state index contributed by atoms with van der Waals surface area (Å²) in [5.74, 6) is 1.02. The minimum atomic E-state index is -0.0514. The Hall–Kier alpha value is -1.72. The minimum Gasteiger partial charge on any atom is -0.494 e. The number of nitrogens with one attached hydrogen (secondary N) is 1. The first-order valence-electron chi connectivity index (χ1n) is 7.42. The fourth-order valence-corrected chi connectivity index (χ4v) is 2.43. The fraction of sp³-hybridized carbons (Fsp3) is 0.353. The molecule has 4 nitrogen and oxygen atoms in total. The maximum absolute atomic E-state index is 11.0. The highest BCUT2D eigenvalue weighted by Crippen LogP contribution is 2.32. The van der Waals surface area contributed by atoms with Gasteiger partial charge < -0.3 is 14.8 Å². The average Bonchev–Trinajstić information content (AvgIpc) is 3.38. The zero-order valence-electron chi connectivity index (χ0n) is 12.2. The fourth-order valence-electron chi connectivity index (χ4n) is 2.32. The van der Waals surface area contributed by atoms with Gasteiger partial charge in [0.2, 0.25) is 5.91 Å². The minimum absolute atomic E-state index is 0.0514. The van der Waals surface area contributed by atoms with Crippen LogP contribution in [0.4, 0.5) is 0 Å². The second-order valence-electron chi connectivity index (χ2n) is 5.30. The van der Waals surface area contributed by atoms with Crippen LogP contribution < -0.4 is 10.1 Å². The van der Waals surface area contributed by atoms with E-state index in [0.29, 0.717) is 13.2 Å². The molecular formula is C17H19NO3S. The largest absolute Gasteiger partial charge is 0.494 e. The van der Waals surface area contributed by atoms with Crippen LogP contribution in [-0.4, -0.2) is 31.4 Å². The third-order valence-corrected chi connectivity index (χ3v) is 3.88. The molecule has 1 heterocycles. The van der Waals surface area contributed by atoms with E-state index in [2.05, 4.69) is 42.2 Å². The van der Waals surface area contributed by atoms with Crippen LogP contribution in [-0.2, 0) is 9.53 Å². The first-order valence-corrected chi connectivity index (χ1v) is 8.05. The van der Waals surface area contributed by atoms with Gasteiger partial charge >= 0.3 is 0 Å². The second-order valence-corrected chi connectivity index (χ2v) is 5.62. The van der Waals surface area contributed by atoms with E-state index < -0.39 is 0 Å². The van der Waals surface area contributed by atoms with Crippen LogP contribution >= 0.6 is 12.6 Å². The Morgan fingerprint density at radius 2 is 2.05 bits per heavy atom. The number of benzene rings is 2. The van der Waals surface area contributed by atoms with Gasteiger partial charge in [-0.25, -0.2) is 0 Å². The number of carbonyl (C=O) groups is 1. The Labute approximate surface area is 135 Å². The lowest BCUT2D eigenvalue weighted by molar-refractivity contribution is -0.118. The van der Waals surface area contributed by atoms with E-state index in [1.54, 1.807) is 0 Å². The zero-order valence-corrected chi connectivity index (χ0v) is 13.1. The van der Waals surface area contributed by atoms with Crippen LogP contribution in [0.25, 0.3) is 10.8 Å². The number of amides is 1. The van der Waals surface area contributed by atoms with Gasteiger partial charge in [-0.05, 0) is 41.0 Å². The molecule has 1 N–H and O–H groups in total. The Balaban J connectivity index is 1.53. The normalized spacial score (nSPS) is 16.5. The molecule has 1 aliphatic rings. The quantitative estimate of drug-likeness (QED) is 0.469. The molecular weight excluding hydrogens is 298 g/mol. The lowest BCUT2D eigenvalue weighted by Crippen LogP contribution is -2.26. The van der Waals surface area contributed by atoms with E-state index in [1.165, 1.54) is 10.9 Å². The molecule has 1 atom stereocenters. The van der Waals surface area contributed by atoms with Crippen molar-refractivity contribution < 1.29 is 14.3 Å². The molecule has 3 rings (SSSR count). The molecule has 0 radical (unpaired) electrons. The monoisotopic (exact) mass is 317 g/mol. The van der Waals surface area contributed by atoms with E-state index in [4.69, 9.17) is 9.47 Å². The molecule has 5 heteroatoms. The second kappa shape index (κ2) is 7.03. The van der Waals surface area contributed by atoms with Crippen molar-refractivity contribution in [2.45, 2.75) is 12.5 Å². The number of ether oxygens (including phenoxy) is 2. The third kappa shape index (κ3) is 3.93. The lowest BCUT2D eigenvalue weighted by atomic mass is 10.1. The first kappa shape index (κ1) is 15.2. The molecule has 1 fully saturated rings. The van der Waals surface area contributed by atoms with E-state index in [0.717, 1.165) is 24.2 Å². The van der Waals surface area contributed by atoms with E-state index in [9.17, 15) is 4.79 Å². The molecule has 22 heavy (non-hydrogen) atoms. The van der Waals surface area contributed by atoms with E-state index >= 15 is 0 Å². The number of rotatable bonds is 7. The van der Waals surface area contributed by atoms with Crippen molar-refractivity contribution in [3.05, 3.63) is 42.0 Å². The zero-order chi connectivity index (χ0) is 15.4. The van der Waals surface area contributed by atoms with Gasteiger partial charge in [0.05, 0.1) is 19.0 Å². The van der Waals surface area contributed by atoms with Gasteiger partial charge in [-0.1, -0.05) is 18.2 Å². The number of hydrogen-bond donors (Lipinski definition) is 2. The first-order chi connectivity index (χ1) is 10.8. The predicted octanol–water partition coefficient (Wildman–Crippen LogP) is 2.73. The van der Waals surface area contributed by atoms with Crippen LogP contribution in [0.3, 0.4) is 0 Å². The van der Waals surface area contributed by atoms with Crippen LogP contribution in [0.1, 0.15) is 18.1 Å². The Morgan fingerprint density at radius 3 is 2.82 bits per heavy atom. The summed E-state index contributed by atoms with van der Waals surface area (Å²) >= 11 is 3.90. The maximum Gasteiger partial charge on any atom is 0.229 e. The molecule has 1 saturated heterocycles. The summed E-state index contributed by atoms with van der Waals surface area (Å²) in [6.45, 7) is 2.01. The summed E-state index contributed by atoms with van der Waals surface area (Å²) in [5.41, 5.74) is 1.24. The van der Waals surface area contributed by atoms with Gasteiger partial charge in [-0.2, -0.15) is 12.6 Å². The molecule has 1 amide bonds. The van der Waals surface area contributed by atoms with Crippen molar-refractivity contribution in [2.24, 2.45) is 0 Å². The molecule has 1 unspecified atom stereocenters. The topological polar surface area (TPSA) is 50.9 Å². The van der Waals surface area contributed by atoms with E-state index in [1.807, 2.05) is 12.1 Å². The molecule has 116 valence electrons. The van der Waals surface area contributed by atoms with Crippen LogP contribution in [0.15, 0.2) is 36.4 Å². The molecule has 0 aromatic heterocycles. The van der Waals surface area contributed by atoms with Gasteiger partial charge in [0.25, 0.3) is 0 Å². The Kier molecular flexibility index (Phi) is 4.85. The van der Waals surface area contributed by atoms with Crippen LogP contribution in [0.5, 0.6) is 5.75 Å². The molecule has 0 spiro atoms. The van der Waals surface area contributed by atoms with Crippen molar-refractivity contribution in [1.82, 2.24) is 5.32 Å². The highest BCUT2D eigenvalue weighted by Gasteiger charge is 2.24. The van der Waals surface area contributed by atoms with Gasteiger partial charge in [-0.3, -0.25) is 4.79 Å². The summed E-state index contributed by atoms with van der Waals surface area (Å²) in [6.07, 6.45) is 1.06. The number of hydrogen-bond acceptors (Lipinski definition) is 4. The summed E-state index contributed by atoms with van der Waals surface area (Å²) in [6, 6.07) is 12.5. The van der Waals surface area contributed by atoms with Crippen LogP contribution in [0.2, 0.25) is 0 Å². The van der Waals surface area contributed by atoms with Crippen molar-refractivity contribution in [1.29, 1.82) is 0 Å². The van der Waals surface area contributed by atoms with E-state index in [-0.39, 0.29) is 17.8 Å². The summed E-state index contributed by atoms with van der Waals surface area (Å²) in [7, 11) is 0. The summed E-state index contributed by atoms with van der Waals surface area (Å²) in [4.78, 5) is 11.0. The lowest BCUT2D eigenvalue weighted by Gasteiger charge is -2.08. The number of epoxide rings is 1. The Bertz CT molecular complexity index is 670. The van der Waals surface area contributed by atoms with Gasteiger partial charge in [0.1, 0.15) is 11.9 Å². The van der Waals surface area contributed by atoms with Crippen molar-refractivity contribution in [2.75, 3.05) is 25.5 Å². The molecule has 0 saturated carbocycles. The van der Waals surface area contributed by atoms with Crippen molar-refractivity contribution in [3.8, 4) is 5.75 Å². The number of carbonyl (C=O) groups excluding carboxylic acids is 1. The molecule has 1 aliphatic heterocycles. The van der Waals surface area contributed by atoms with Gasteiger partial charge in [0, 0.05) is 6.54 Å². The molecule has 0 aliphatic carbocycles. The third-order valence-electron chi connectivity index (χ3n) is 3.60. The molecule has 0 bridgehead atoms. The summed E-state index contributed by atoms with van der Waals surface area (Å²) in [5, 5.41) is 5.12. The standard InChI is InChI=1S/C17H19NO3S/c19-17(11-22)18-6-1-7-20-15-5-4-12-8-14(16-10-21-16)3-2-13(12)9-15/h2-5,8-9,16,22H,1,6-7,10-11H2,(H,18,19). The van der Waals surface area contributed by atoms with Crippen molar-refractivity contribution >= 4 is 29.3 Å². The SMILES string of the molecule is O=C(CS)NCCCOc1ccc2cc(C3CO3)ccc2c1. The van der Waals surface area contributed by atoms with Crippen LogP contribution in [0, 0.1) is 0 Å². The number of thiol groups is 1. The highest BCUT2D eigenvalue weighted by molar-refractivity contribution is 7.81. The van der Waals surface area contributed by atoms with Gasteiger partial charge in [-0.15, -0.1) is 0 Å². The average molecular weight is 317 g/mol. The highest BCUT2D eigenvalue weighted by atomic mass is 32.1. The molecule has 2 aromatic rings. The van der Waals surface area contributed by atoms with Gasteiger partial charge in [0.15, 0.2) is 0 Å². The number of fused-ring (bicyclic) bond motifs is 1. The van der Waals surface area contributed by atoms with Crippen molar-refractivity contribution in [3.63, 3.8) is 0 Å². The predicted molar refractivity (Wildman–Crippen MR) is 89.6 cm³/mol.